The molecule has 1 aromatic heterocycles. The number of hydrogen-bond donors (Lipinski definition) is 3. The van der Waals surface area contributed by atoms with Crippen molar-refractivity contribution in [1.29, 1.82) is 0 Å². The molecule has 0 unspecified atom stereocenters. The highest BCUT2D eigenvalue weighted by molar-refractivity contribution is 7.09. The Balaban J connectivity index is 1.84. The number of rotatable bonds is 8. The molecule has 194 valence electrons. The van der Waals surface area contributed by atoms with E-state index in [2.05, 4.69) is 9.69 Å². The molecule has 1 fully saturated rings. The number of carbonyl (C=O) groups is 3. The van der Waals surface area contributed by atoms with E-state index in [1.807, 2.05) is 26.0 Å². The Hall–Kier alpha value is -3.83. The van der Waals surface area contributed by atoms with Crippen LogP contribution in [0.5, 0.6) is 0 Å². The van der Waals surface area contributed by atoms with Gasteiger partial charge in [-0.1, -0.05) is 24.3 Å². The molecule has 5 N–H and O–H groups in total. The lowest BCUT2D eigenvalue weighted by Crippen LogP contribution is -2.46. The Morgan fingerprint density at radius 3 is 2.57 bits per heavy atom. The normalized spacial score (nSPS) is 15.8. The maximum atomic E-state index is 14.1. The lowest BCUT2D eigenvalue weighted by Gasteiger charge is -2.33. The van der Waals surface area contributed by atoms with Gasteiger partial charge in [-0.05, 0) is 73.1 Å². The lowest BCUT2D eigenvalue weighted by atomic mass is 10.00. The van der Waals surface area contributed by atoms with Gasteiger partial charge in [0, 0.05) is 18.8 Å². The molecule has 0 radical (unpaired) electrons. The van der Waals surface area contributed by atoms with E-state index in [-0.39, 0.29) is 28.9 Å². The number of aromatic nitrogens is 1. The minimum absolute atomic E-state index is 0.0336. The van der Waals surface area contributed by atoms with Crippen LogP contribution in [0.3, 0.4) is 0 Å². The molecule has 2 atom stereocenters. The molecule has 11 heteroatoms. The van der Waals surface area contributed by atoms with Gasteiger partial charge in [0.15, 0.2) is 5.69 Å². The second-order valence-corrected chi connectivity index (χ2v) is 9.71. The first-order chi connectivity index (χ1) is 17.7. The molecular weight excluding hydrogens is 497 g/mol. The second kappa shape index (κ2) is 11.1. The third-order valence-corrected chi connectivity index (χ3v) is 7.07. The number of ether oxygens (including phenoxy) is 1. The number of aryl methyl sites for hydroxylation is 2. The molecule has 9 nitrogen and oxygen atoms in total. The Morgan fingerprint density at radius 1 is 1.22 bits per heavy atom. The summed E-state index contributed by atoms with van der Waals surface area (Å²) in [6, 6.07) is 9.70. The third kappa shape index (κ3) is 5.62. The minimum Gasteiger partial charge on any atom is -0.395 e. The van der Waals surface area contributed by atoms with E-state index in [0.29, 0.717) is 17.9 Å². The van der Waals surface area contributed by atoms with E-state index in [0.717, 1.165) is 35.5 Å². The highest BCUT2D eigenvalue weighted by atomic mass is 32.1. The van der Waals surface area contributed by atoms with Crippen molar-refractivity contribution in [2.24, 2.45) is 5.73 Å². The number of halogens is 1. The van der Waals surface area contributed by atoms with E-state index < -0.39 is 29.6 Å². The zero-order valence-corrected chi connectivity index (χ0v) is 21.3. The number of nitrogen functional groups attached to an aromatic ring is 1. The summed E-state index contributed by atoms with van der Waals surface area (Å²) in [5, 5.41) is 2.90. The number of amides is 3. The number of nitrogens with two attached hydrogens (primary N) is 2. The SMILES string of the molecule is Cc1ccc(C)c(N(C(=O)c2snc(C(N)=O)c2N)[C@@H](C(=O)NC[C@H]2CCCO2)c2ccc(F)cc2)c1. The number of carbonyl (C=O) groups excluding carboxylic acids is 3. The maximum absolute atomic E-state index is 14.1. The van der Waals surface area contributed by atoms with Gasteiger partial charge in [0.05, 0.1) is 11.8 Å². The van der Waals surface area contributed by atoms with Crippen LogP contribution in [0.15, 0.2) is 42.5 Å². The van der Waals surface area contributed by atoms with E-state index in [9.17, 15) is 18.8 Å². The quantitative estimate of drug-likeness (QED) is 0.412. The highest BCUT2D eigenvalue weighted by Gasteiger charge is 2.37. The number of benzene rings is 2. The van der Waals surface area contributed by atoms with Gasteiger partial charge in [-0.2, -0.15) is 4.37 Å². The molecule has 0 aliphatic carbocycles. The van der Waals surface area contributed by atoms with Crippen molar-refractivity contribution in [1.82, 2.24) is 9.69 Å². The van der Waals surface area contributed by atoms with Crippen molar-refractivity contribution >= 4 is 40.6 Å². The van der Waals surface area contributed by atoms with Gasteiger partial charge in [0.25, 0.3) is 11.8 Å². The molecule has 0 saturated carbocycles. The molecular formula is C26H28FN5O4S. The van der Waals surface area contributed by atoms with Gasteiger partial charge in [-0.25, -0.2) is 4.39 Å². The second-order valence-electron chi connectivity index (χ2n) is 8.94. The molecule has 0 bridgehead atoms. The summed E-state index contributed by atoms with van der Waals surface area (Å²) >= 11 is 0.727. The van der Waals surface area contributed by atoms with Crippen LogP contribution in [-0.2, 0) is 9.53 Å². The summed E-state index contributed by atoms with van der Waals surface area (Å²) in [5.74, 6) is -2.47. The van der Waals surface area contributed by atoms with Gasteiger partial charge in [-0.15, -0.1) is 0 Å². The zero-order chi connectivity index (χ0) is 26.7. The minimum atomic E-state index is -1.19. The van der Waals surface area contributed by atoms with Crippen molar-refractivity contribution in [3.63, 3.8) is 0 Å². The Bertz CT molecular complexity index is 1320. The van der Waals surface area contributed by atoms with E-state index in [1.165, 1.54) is 29.2 Å². The van der Waals surface area contributed by atoms with Crippen LogP contribution in [0, 0.1) is 19.7 Å². The summed E-state index contributed by atoms with van der Waals surface area (Å²) in [6.45, 7) is 4.57. The standard InChI is InChI=1S/C26H28FN5O4S/c1-14-5-6-15(2)19(12-14)32(26(35)23-20(28)21(24(29)33)31-37-23)22(16-7-9-17(27)10-8-16)25(34)30-13-18-4-3-11-36-18/h5-10,12,18,22H,3-4,11,13,28H2,1-2H3,(H2,29,33)(H,30,34)/t18-,22-/m1/s1. The van der Waals surface area contributed by atoms with Crippen LogP contribution < -0.4 is 21.7 Å². The van der Waals surface area contributed by atoms with Crippen LogP contribution in [0.4, 0.5) is 15.8 Å². The molecule has 37 heavy (non-hydrogen) atoms. The fraction of sp³-hybridized carbons (Fsp3) is 0.308. The van der Waals surface area contributed by atoms with Crippen molar-refractivity contribution in [3.8, 4) is 0 Å². The lowest BCUT2D eigenvalue weighted by molar-refractivity contribution is -0.123. The Morgan fingerprint density at radius 2 is 1.95 bits per heavy atom. The maximum Gasteiger partial charge on any atom is 0.273 e. The molecule has 0 spiro atoms. The number of nitrogens with zero attached hydrogens (tertiary/aromatic N) is 2. The average Bonchev–Trinajstić information content (AvgIpc) is 3.53. The third-order valence-electron chi connectivity index (χ3n) is 6.22. The predicted octanol–water partition coefficient (Wildman–Crippen LogP) is 3.26. The monoisotopic (exact) mass is 525 g/mol. The van der Waals surface area contributed by atoms with E-state index in [1.54, 1.807) is 6.07 Å². The molecule has 1 aliphatic rings. The first-order valence-electron chi connectivity index (χ1n) is 11.8. The molecule has 1 saturated heterocycles. The first kappa shape index (κ1) is 26.2. The average molecular weight is 526 g/mol. The van der Waals surface area contributed by atoms with Crippen LogP contribution >= 0.6 is 11.5 Å². The molecule has 2 aromatic carbocycles. The predicted molar refractivity (Wildman–Crippen MR) is 139 cm³/mol. The van der Waals surface area contributed by atoms with Crippen molar-refractivity contribution in [3.05, 3.63) is 75.5 Å². The number of anilines is 2. The molecule has 3 aromatic rings. The smallest absolute Gasteiger partial charge is 0.273 e. The zero-order valence-electron chi connectivity index (χ0n) is 20.5. The fourth-order valence-corrected chi connectivity index (χ4v) is 5.00. The summed E-state index contributed by atoms with van der Waals surface area (Å²) in [4.78, 5) is 40.9. The largest absolute Gasteiger partial charge is 0.395 e. The van der Waals surface area contributed by atoms with Crippen molar-refractivity contribution in [2.45, 2.75) is 38.8 Å². The number of primary amides is 1. The van der Waals surface area contributed by atoms with Gasteiger partial charge in [0.1, 0.15) is 16.7 Å². The summed E-state index contributed by atoms with van der Waals surface area (Å²) in [5.41, 5.74) is 13.5. The van der Waals surface area contributed by atoms with Gasteiger partial charge >= 0.3 is 0 Å². The highest BCUT2D eigenvalue weighted by Crippen LogP contribution is 2.35. The summed E-state index contributed by atoms with van der Waals surface area (Å²) in [7, 11) is 0. The fourth-order valence-electron chi connectivity index (χ4n) is 4.26. The molecule has 2 heterocycles. The Kier molecular flexibility index (Phi) is 7.84. The number of hydrogen-bond acceptors (Lipinski definition) is 7. The summed E-state index contributed by atoms with van der Waals surface area (Å²) < 4.78 is 23.4. The summed E-state index contributed by atoms with van der Waals surface area (Å²) in [6.07, 6.45) is 1.59. The van der Waals surface area contributed by atoms with Gasteiger partial charge in [0.2, 0.25) is 5.91 Å². The topological polar surface area (TPSA) is 141 Å². The molecule has 1 aliphatic heterocycles. The van der Waals surface area contributed by atoms with Gasteiger partial charge in [-0.3, -0.25) is 19.3 Å². The van der Waals surface area contributed by atoms with E-state index >= 15 is 0 Å². The Labute approximate surface area is 217 Å². The van der Waals surface area contributed by atoms with E-state index in [4.69, 9.17) is 16.2 Å². The van der Waals surface area contributed by atoms with Crippen molar-refractivity contribution < 1.29 is 23.5 Å². The molecule has 4 rings (SSSR count). The first-order valence-corrected chi connectivity index (χ1v) is 12.5. The van der Waals surface area contributed by atoms with Crippen LogP contribution in [0.25, 0.3) is 0 Å². The van der Waals surface area contributed by atoms with Crippen LogP contribution in [-0.4, -0.2) is 41.4 Å². The van der Waals surface area contributed by atoms with Gasteiger partial charge < -0.3 is 21.5 Å². The number of nitrogens with one attached hydrogen (secondary N) is 1. The molecule has 3 amide bonds. The van der Waals surface area contributed by atoms with Crippen LogP contribution in [0.2, 0.25) is 0 Å². The van der Waals surface area contributed by atoms with Crippen LogP contribution in [0.1, 0.15) is 55.7 Å². The van der Waals surface area contributed by atoms with Crippen molar-refractivity contribution in [2.75, 3.05) is 23.8 Å².